The smallest absolute Gasteiger partial charge is 0.223 e. The van der Waals surface area contributed by atoms with Crippen LogP contribution in [0.3, 0.4) is 0 Å². The third-order valence-electron chi connectivity index (χ3n) is 2.29. The molecule has 0 amide bonds. The van der Waals surface area contributed by atoms with E-state index in [0.29, 0.717) is 11.8 Å². The van der Waals surface area contributed by atoms with Crippen LogP contribution in [0.4, 0.5) is 5.95 Å². The van der Waals surface area contributed by atoms with Gasteiger partial charge in [0.2, 0.25) is 5.95 Å². The Balaban J connectivity index is 2.05. The summed E-state index contributed by atoms with van der Waals surface area (Å²) in [6.45, 7) is 1.82. The Hall–Kier alpha value is -1.97. The van der Waals surface area contributed by atoms with E-state index in [1.165, 1.54) is 5.56 Å². The fourth-order valence-corrected chi connectivity index (χ4v) is 1.57. The van der Waals surface area contributed by atoms with Gasteiger partial charge in [0.25, 0.3) is 0 Å². The van der Waals surface area contributed by atoms with Crippen molar-refractivity contribution in [3.8, 4) is 0 Å². The Morgan fingerprint density at radius 3 is 2.44 bits per heavy atom. The number of nitrogens with zero attached hydrogens (tertiary/aromatic N) is 3. The quantitative estimate of drug-likeness (QED) is 0.841. The molecule has 2 rings (SSSR count). The van der Waals surface area contributed by atoms with Crippen LogP contribution in [-0.2, 0) is 12.8 Å². The zero-order chi connectivity index (χ0) is 11.4. The number of benzene rings is 1. The number of aryl methyl sites for hydroxylation is 3. The summed E-state index contributed by atoms with van der Waals surface area (Å²) in [6, 6.07) is 10.3. The molecule has 2 N–H and O–H groups in total. The van der Waals surface area contributed by atoms with E-state index in [1.807, 2.05) is 25.1 Å². The van der Waals surface area contributed by atoms with Crippen LogP contribution in [0.15, 0.2) is 30.3 Å². The molecule has 1 heterocycles. The van der Waals surface area contributed by atoms with Gasteiger partial charge in [0.05, 0.1) is 0 Å². The largest absolute Gasteiger partial charge is 0.368 e. The van der Waals surface area contributed by atoms with Gasteiger partial charge >= 0.3 is 0 Å². The molecule has 0 atom stereocenters. The SMILES string of the molecule is Cc1nc(N)nc(CCc2ccccc2)n1. The molecule has 16 heavy (non-hydrogen) atoms. The lowest BCUT2D eigenvalue weighted by molar-refractivity contribution is 0.822. The van der Waals surface area contributed by atoms with Crippen molar-refractivity contribution in [2.45, 2.75) is 19.8 Å². The molecule has 2 aromatic rings. The second kappa shape index (κ2) is 4.70. The normalized spacial score (nSPS) is 10.3. The van der Waals surface area contributed by atoms with E-state index in [9.17, 15) is 0 Å². The van der Waals surface area contributed by atoms with Gasteiger partial charge in [0.1, 0.15) is 11.6 Å². The Kier molecular flexibility index (Phi) is 3.10. The first kappa shape index (κ1) is 10.5. The highest BCUT2D eigenvalue weighted by atomic mass is 15.1. The van der Waals surface area contributed by atoms with Gasteiger partial charge in [0.15, 0.2) is 0 Å². The van der Waals surface area contributed by atoms with Crippen molar-refractivity contribution >= 4 is 5.95 Å². The van der Waals surface area contributed by atoms with Crippen LogP contribution < -0.4 is 5.73 Å². The number of nitrogens with two attached hydrogens (primary N) is 1. The van der Waals surface area contributed by atoms with E-state index < -0.39 is 0 Å². The molecule has 0 aliphatic carbocycles. The molecule has 0 aliphatic rings. The molecule has 0 spiro atoms. The molecule has 82 valence electrons. The molecule has 0 bridgehead atoms. The summed E-state index contributed by atoms with van der Waals surface area (Å²) >= 11 is 0. The number of nitrogen functional groups attached to an aromatic ring is 1. The number of hydrogen-bond acceptors (Lipinski definition) is 4. The highest BCUT2D eigenvalue weighted by molar-refractivity contribution is 5.18. The van der Waals surface area contributed by atoms with Gasteiger partial charge in [-0.05, 0) is 18.9 Å². The maximum atomic E-state index is 5.57. The molecule has 0 aliphatic heterocycles. The van der Waals surface area contributed by atoms with E-state index in [1.54, 1.807) is 0 Å². The second-order valence-electron chi connectivity index (χ2n) is 3.64. The number of hydrogen-bond donors (Lipinski definition) is 1. The Labute approximate surface area is 94.6 Å². The van der Waals surface area contributed by atoms with E-state index in [4.69, 9.17) is 5.73 Å². The summed E-state index contributed by atoms with van der Waals surface area (Å²) < 4.78 is 0. The minimum atomic E-state index is 0.301. The molecule has 4 nitrogen and oxygen atoms in total. The average molecular weight is 214 g/mol. The fourth-order valence-electron chi connectivity index (χ4n) is 1.57. The van der Waals surface area contributed by atoms with Gasteiger partial charge in [-0.15, -0.1) is 0 Å². The van der Waals surface area contributed by atoms with E-state index in [-0.39, 0.29) is 0 Å². The first-order chi connectivity index (χ1) is 7.74. The van der Waals surface area contributed by atoms with Crippen LogP contribution in [0.25, 0.3) is 0 Å². The van der Waals surface area contributed by atoms with Gasteiger partial charge in [-0.2, -0.15) is 9.97 Å². The predicted octanol–water partition coefficient (Wildman–Crippen LogP) is 1.55. The van der Waals surface area contributed by atoms with Crippen molar-refractivity contribution in [3.63, 3.8) is 0 Å². The lowest BCUT2D eigenvalue weighted by Crippen LogP contribution is -2.06. The van der Waals surface area contributed by atoms with Crippen LogP contribution in [0.5, 0.6) is 0 Å². The van der Waals surface area contributed by atoms with Gasteiger partial charge < -0.3 is 5.73 Å². The molecule has 0 radical (unpaired) electrons. The van der Waals surface area contributed by atoms with Gasteiger partial charge in [-0.25, -0.2) is 4.98 Å². The fraction of sp³-hybridized carbons (Fsp3) is 0.250. The maximum Gasteiger partial charge on any atom is 0.223 e. The summed E-state index contributed by atoms with van der Waals surface area (Å²) in [4.78, 5) is 12.3. The number of aromatic nitrogens is 3. The summed E-state index contributed by atoms with van der Waals surface area (Å²) in [5.41, 5.74) is 6.84. The van der Waals surface area contributed by atoms with Crippen molar-refractivity contribution in [3.05, 3.63) is 47.5 Å². The average Bonchev–Trinajstić information content (AvgIpc) is 2.27. The molecule has 0 unspecified atom stereocenters. The molecule has 0 fully saturated rings. The lowest BCUT2D eigenvalue weighted by Gasteiger charge is -2.02. The van der Waals surface area contributed by atoms with E-state index in [0.717, 1.165) is 18.7 Å². The molecular formula is C12H14N4. The minimum Gasteiger partial charge on any atom is -0.368 e. The Morgan fingerprint density at radius 2 is 1.75 bits per heavy atom. The third-order valence-corrected chi connectivity index (χ3v) is 2.29. The Morgan fingerprint density at radius 1 is 1.00 bits per heavy atom. The summed E-state index contributed by atoms with van der Waals surface area (Å²) in [5, 5.41) is 0. The highest BCUT2D eigenvalue weighted by Crippen LogP contribution is 2.04. The molecule has 1 aromatic heterocycles. The third kappa shape index (κ3) is 2.76. The minimum absolute atomic E-state index is 0.301. The lowest BCUT2D eigenvalue weighted by atomic mass is 10.1. The topological polar surface area (TPSA) is 64.7 Å². The van der Waals surface area contributed by atoms with Crippen LogP contribution in [-0.4, -0.2) is 15.0 Å². The van der Waals surface area contributed by atoms with Crippen molar-refractivity contribution in [1.82, 2.24) is 15.0 Å². The predicted molar refractivity (Wildman–Crippen MR) is 62.8 cm³/mol. The molecule has 4 heteroatoms. The van der Waals surface area contributed by atoms with Crippen molar-refractivity contribution < 1.29 is 0 Å². The van der Waals surface area contributed by atoms with Crippen molar-refractivity contribution in [2.24, 2.45) is 0 Å². The summed E-state index contributed by atoms with van der Waals surface area (Å²) in [6.07, 6.45) is 1.71. The van der Waals surface area contributed by atoms with Gasteiger partial charge in [0, 0.05) is 6.42 Å². The molecule has 0 saturated heterocycles. The molecular weight excluding hydrogens is 200 g/mol. The van der Waals surface area contributed by atoms with Crippen LogP contribution in [0.1, 0.15) is 17.2 Å². The van der Waals surface area contributed by atoms with E-state index >= 15 is 0 Å². The van der Waals surface area contributed by atoms with E-state index in [2.05, 4.69) is 27.1 Å². The highest BCUT2D eigenvalue weighted by Gasteiger charge is 2.01. The standard InChI is InChI=1S/C12H14N4/c1-9-14-11(16-12(13)15-9)8-7-10-5-3-2-4-6-10/h2-6H,7-8H2,1H3,(H2,13,14,15,16). The van der Waals surface area contributed by atoms with Gasteiger partial charge in [-0.1, -0.05) is 30.3 Å². The monoisotopic (exact) mass is 214 g/mol. The Bertz CT molecular complexity index is 447. The van der Waals surface area contributed by atoms with Crippen LogP contribution in [0.2, 0.25) is 0 Å². The first-order valence-electron chi connectivity index (χ1n) is 5.25. The van der Waals surface area contributed by atoms with Crippen LogP contribution >= 0.6 is 0 Å². The molecule has 0 saturated carbocycles. The summed E-state index contributed by atoms with van der Waals surface area (Å²) in [7, 11) is 0. The van der Waals surface area contributed by atoms with Crippen LogP contribution in [0, 0.1) is 6.92 Å². The number of anilines is 1. The zero-order valence-electron chi connectivity index (χ0n) is 9.22. The number of rotatable bonds is 3. The molecule has 1 aromatic carbocycles. The second-order valence-corrected chi connectivity index (χ2v) is 3.64. The first-order valence-corrected chi connectivity index (χ1v) is 5.25. The van der Waals surface area contributed by atoms with Crippen molar-refractivity contribution in [1.29, 1.82) is 0 Å². The zero-order valence-corrected chi connectivity index (χ0v) is 9.22. The van der Waals surface area contributed by atoms with Crippen molar-refractivity contribution in [2.75, 3.05) is 5.73 Å². The van der Waals surface area contributed by atoms with Gasteiger partial charge in [-0.3, -0.25) is 0 Å². The maximum absolute atomic E-state index is 5.57. The summed E-state index contributed by atoms with van der Waals surface area (Å²) in [5.74, 6) is 1.74.